The molecule has 0 saturated carbocycles. The lowest BCUT2D eigenvalue weighted by molar-refractivity contribution is -0.917. The Morgan fingerprint density at radius 3 is 2.03 bits per heavy atom. The summed E-state index contributed by atoms with van der Waals surface area (Å²) in [7, 11) is 2.26. The first-order chi connectivity index (χ1) is 16.0. The molecule has 0 aliphatic carbocycles. The van der Waals surface area contributed by atoms with E-state index in [9.17, 15) is 9.90 Å². The van der Waals surface area contributed by atoms with Crippen LogP contribution in [0.1, 0.15) is 36.0 Å². The van der Waals surface area contributed by atoms with Crippen molar-refractivity contribution in [1.82, 2.24) is 0 Å². The first kappa shape index (κ1) is 26.1. The number of nitrogens with zero attached hydrogens (tertiary/aromatic N) is 1. The molecule has 0 radical (unpaired) electrons. The van der Waals surface area contributed by atoms with Crippen molar-refractivity contribution in [2.24, 2.45) is 0 Å². The Labute approximate surface area is 213 Å². The number of aliphatic hydroxyl groups is 1. The van der Waals surface area contributed by atoms with Crippen molar-refractivity contribution in [2.45, 2.75) is 37.4 Å². The third-order valence-corrected chi connectivity index (χ3v) is 6.83. The van der Waals surface area contributed by atoms with E-state index >= 15 is 0 Å². The van der Waals surface area contributed by atoms with Crippen LogP contribution in [-0.2, 0) is 21.6 Å². The molecule has 1 fully saturated rings. The number of halogens is 1. The highest BCUT2D eigenvalue weighted by Crippen LogP contribution is 2.32. The normalized spacial score (nSPS) is 20.2. The van der Waals surface area contributed by atoms with Crippen molar-refractivity contribution < 1.29 is 36.1 Å². The Morgan fingerprint density at radius 2 is 1.47 bits per heavy atom. The summed E-state index contributed by atoms with van der Waals surface area (Å²) in [5.74, 6) is -0.595. The minimum Gasteiger partial charge on any atom is -1.00 e. The molecule has 1 heterocycles. The van der Waals surface area contributed by atoms with Crippen LogP contribution in [0, 0.1) is 0 Å². The third-order valence-electron chi connectivity index (χ3n) is 6.83. The van der Waals surface area contributed by atoms with Crippen molar-refractivity contribution >= 4 is 5.97 Å². The monoisotopic (exact) mass is 523 g/mol. The summed E-state index contributed by atoms with van der Waals surface area (Å²) in [6, 6.07) is 28.8. The zero-order valence-electron chi connectivity index (χ0n) is 19.8. The maximum absolute atomic E-state index is 13.5. The number of hydrogen-bond acceptors (Lipinski definition) is 3. The van der Waals surface area contributed by atoms with Gasteiger partial charge in [0.15, 0.2) is 6.10 Å². The van der Waals surface area contributed by atoms with Crippen LogP contribution >= 0.6 is 0 Å². The Kier molecular flexibility index (Phi) is 9.06. The standard InChI is InChI=1S/C29H34NO3.BrH/c1-30(21-11-15-24-13-5-2-6-14-24)22-12-20-27(23-30)33-28(31)29(32,25-16-7-3-8-17-25)26-18-9-4-10-19-26;/h2-10,13-14,16-19,27,32H,11-12,15,20-23H2,1H3;1H/q+1;/p-1/t27-,30?;/m1./s1. The second-order valence-electron chi connectivity index (χ2n) is 9.45. The number of esters is 1. The largest absolute Gasteiger partial charge is 1.00 e. The molecular weight excluding hydrogens is 490 g/mol. The molecule has 1 N–H and O–H groups in total. The lowest BCUT2D eigenvalue weighted by Crippen LogP contribution is -3.00. The lowest BCUT2D eigenvalue weighted by atomic mass is 9.86. The maximum Gasteiger partial charge on any atom is 0.348 e. The quantitative estimate of drug-likeness (QED) is 0.361. The van der Waals surface area contributed by atoms with Crippen LogP contribution in [0.25, 0.3) is 0 Å². The van der Waals surface area contributed by atoms with Crippen LogP contribution in [0.15, 0.2) is 91.0 Å². The first-order valence-electron chi connectivity index (χ1n) is 11.9. The van der Waals surface area contributed by atoms with Gasteiger partial charge in [0, 0.05) is 12.8 Å². The molecule has 34 heavy (non-hydrogen) atoms. The van der Waals surface area contributed by atoms with E-state index in [2.05, 4.69) is 31.3 Å². The van der Waals surface area contributed by atoms with Gasteiger partial charge in [-0.2, -0.15) is 0 Å². The number of likely N-dealkylation sites (tertiary alicyclic amines) is 1. The number of piperidine rings is 1. The van der Waals surface area contributed by atoms with Crippen molar-refractivity contribution in [1.29, 1.82) is 0 Å². The van der Waals surface area contributed by atoms with Gasteiger partial charge in [-0.25, -0.2) is 4.79 Å². The Bertz CT molecular complexity index is 990. The summed E-state index contributed by atoms with van der Waals surface area (Å²) in [6.07, 6.45) is 3.79. The van der Waals surface area contributed by atoms with E-state index < -0.39 is 11.6 Å². The number of aryl methyl sites for hydroxylation is 1. The van der Waals surface area contributed by atoms with Gasteiger partial charge in [-0.15, -0.1) is 0 Å². The van der Waals surface area contributed by atoms with Gasteiger partial charge in [-0.05, 0) is 29.5 Å². The molecule has 3 aromatic carbocycles. The van der Waals surface area contributed by atoms with Crippen LogP contribution in [0.5, 0.6) is 0 Å². The van der Waals surface area contributed by atoms with Crippen molar-refractivity contribution in [3.8, 4) is 0 Å². The zero-order valence-corrected chi connectivity index (χ0v) is 21.4. The van der Waals surface area contributed by atoms with E-state index in [1.54, 1.807) is 24.3 Å². The van der Waals surface area contributed by atoms with Crippen LogP contribution < -0.4 is 17.0 Å². The molecular formula is C29H34BrNO3. The highest BCUT2D eigenvalue weighted by molar-refractivity contribution is 5.85. The molecule has 5 heteroatoms. The molecule has 0 spiro atoms. The van der Waals surface area contributed by atoms with Crippen LogP contribution in [-0.4, -0.2) is 48.3 Å². The molecule has 180 valence electrons. The predicted octanol–water partition coefficient (Wildman–Crippen LogP) is 1.71. The molecule has 0 bridgehead atoms. The van der Waals surface area contributed by atoms with E-state index in [1.165, 1.54) is 5.56 Å². The van der Waals surface area contributed by atoms with Crippen LogP contribution in [0.4, 0.5) is 0 Å². The molecule has 3 aromatic rings. The topological polar surface area (TPSA) is 46.5 Å². The van der Waals surface area contributed by atoms with Crippen LogP contribution in [0.3, 0.4) is 0 Å². The van der Waals surface area contributed by atoms with Gasteiger partial charge in [0.25, 0.3) is 0 Å². The fourth-order valence-corrected chi connectivity index (χ4v) is 4.98. The number of hydrogen-bond donors (Lipinski definition) is 1. The number of rotatable bonds is 8. The summed E-state index contributed by atoms with van der Waals surface area (Å²) >= 11 is 0. The summed E-state index contributed by atoms with van der Waals surface area (Å²) in [4.78, 5) is 13.5. The highest BCUT2D eigenvalue weighted by Gasteiger charge is 2.44. The maximum atomic E-state index is 13.5. The number of benzene rings is 3. The van der Waals surface area contributed by atoms with Crippen LogP contribution in [0.2, 0.25) is 0 Å². The van der Waals surface area contributed by atoms with Crippen molar-refractivity contribution in [3.63, 3.8) is 0 Å². The zero-order chi connectivity index (χ0) is 23.2. The molecule has 4 nitrogen and oxygen atoms in total. The summed E-state index contributed by atoms with van der Waals surface area (Å²) in [6.45, 7) is 2.91. The van der Waals surface area contributed by atoms with Gasteiger partial charge in [0.05, 0.1) is 20.1 Å². The van der Waals surface area contributed by atoms with Gasteiger partial charge < -0.3 is 31.3 Å². The minimum absolute atomic E-state index is 0. The molecule has 2 atom stereocenters. The van der Waals surface area contributed by atoms with E-state index in [0.29, 0.717) is 11.1 Å². The fourth-order valence-electron chi connectivity index (χ4n) is 4.98. The van der Waals surface area contributed by atoms with Gasteiger partial charge in [0.1, 0.15) is 6.54 Å². The molecule has 0 aromatic heterocycles. The number of carbonyl (C=O) groups is 1. The number of ether oxygens (including phenoxy) is 1. The molecule has 0 amide bonds. The molecule has 1 aliphatic rings. The average Bonchev–Trinajstić information content (AvgIpc) is 2.85. The summed E-state index contributed by atoms with van der Waals surface area (Å²) in [5, 5.41) is 11.7. The molecule has 1 unspecified atom stereocenters. The van der Waals surface area contributed by atoms with Crippen molar-refractivity contribution in [2.75, 3.05) is 26.7 Å². The first-order valence-corrected chi connectivity index (χ1v) is 11.9. The minimum atomic E-state index is -1.82. The van der Waals surface area contributed by atoms with E-state index in [4.69, 9.17) is 4.74 Å². The van der Waals surface area contributed by atoms with E-state index in [0.717, 1.165) is 49.8 Å². The smallest absolute Gasteiger partial charge is 0.348 e. The van der Waals surface area contributed by atoms with Gasteiger partial charge in [-0.3, -0.25) is 0 Å². The van der Waals surface area contributed by atoms with E-state index in [-0.39, 0.29) is 23.1 Å². The van der Waals surface area contributed by atoms with Gasteiger partial charge in [-0.1, -0.05) is 91.0 Å². The average molecular weight is 524 g/mol. The predicted molar refractivity (Wildman–Crippen MR) is 131 cm³/mol. The fraction of sp³-hybridized carbons (Fsp3) is 0.345. The Hall–Kier alpha value is -2.47. The summed E-state index contributed by atoms with van der Waals surface area (Å²) in [5.41, 5.74) is 0.588. The van der Waals surface area contributed by atoms with E-state index in [1.807, 2.05) is 42.5 Å². The van der Waals surface area contributed by atoms with Crippen molar-refractivity contribution in [3.05, 3.63) is 108 Å². The van der Waals surface area contributed by atoms with Gasteiger partial charge >= 0.3 is 5.97 Å². The summed E-state index contributed by atoms with van der Waals surface area (Å²) < 4.78 is 6.91. The number of carbonyl (C=O) groups excluding carboxylic acids is 1. The third kappa shape index (κ3) is 6.15. The highest BCUT2D eigenvalue weighted by atomic mass is 79.9. The second kappa shape index (κ2) is 11.8. The number of likely N-dealkylation sites (N-methyl/N-ethyl adjacent to an activating group) is 1. The molecule has 1 saturated heterocycles. The Morgan fingerprint density at radius 1 is 0.941 bits per heavy atom. The lowest BCUT2D eigenvalue weighted by Gasteiger charge is -2.41. The number of quaternary nitrogens is 1. The van der Waals surface area contributed by atoms with Gasteiger partial charge in [0.2, 0.25) is 5.60 Å². The SMILES string of the molecule is C[N+]1(CCCc2ccccc2)CCC[C@@H](OC(=O)C(O)(c2ccccc2)c2ccccc2)C1.[Br-]. The Balaban J connectivity index is 0.00000324. The molecule has 1 aliphatic heterocycles. The molecule has 4 rings (SSSR count). The second-order valence-corrected chi connectivity index (χ2v) is 9.45.